The van der Waals surface area contributed by atoms with Gasteiger partial charge in [-0.05, 0) is 11.7 Å². The number of nitrogens with two attached hydrogens (primary N) is 1. The normalized spacial score (nSPS) is 30.1. The van der Waals surface area contributed by atoms with Gasteiger partial charge in [0.15, 0.2) is 0 Å². The van der Waals surface area contributed by atoms with Crippen LogP contribution in [0.2, 0.25) is 0 Å². The van der Waals surface area contributed by atoms with Gasteiger partial charge in [0.05, 0.1) is 0 Å². The number of amides is 1. The van der Waals surface area contributed by atoms with Gasteiger partial charge in [-0.25, -0.2) is 0 Å². The molecule has 1 saturated heterocycles. The second kappa shape index (κ2) is 4.86. The number of carbonyl (C=O) groups is 1. The van der Waals surface area contributed by atoms with Crippen LogP contribution < -0.4 is 11.1 Å². The first-order valence-corrected chi connectivity index (χ1v) is 5.88. The fraction of sp³-hybridized carbons (Fsp3) is 0.889. The summed E-state index contributed by atoms with van der Waals surface area (Å²) < 4.78 is 0. The number of thioether (sulfide) groups is 1. The Labute approximate surface area is 83.8 Å². The molecule has 0 aromatic heterocycles. The maximum Gasteiger partial charge on any atom is 0.224 e. The van der Waals surface area contributed by atoms with Crippen LogP contribution in [0.15, 0.2) is 0 Å². The highest BCUT2D eigenvalue weighted by atomic mass is 32.2. The number of hydrogen-bond donors (Lipinski definition) is 2. The van der Waals surface area contributed by atoms with E-state index in [1.165, 1.54) is 0 Å². The van der Waals surface area contributed by atoms with Gasteiger partial charge in [-0.2, -0.15) is 11.8 Å². The van der Waals surface area contributed by atoms with Crippen LogP contribution in [0.25, 0.3) is 0 Å². The summed E-state index contributed by atoms with van der Waals surface area (Å²) in [6.07, 6.45) is 0. The van der Waals surface area contributed by atoms with Crippen LogP contribution in [-0.4, -0.2) is 30.0 Å². The van der Waals surface area contributed by atoms with Gasteiger partial charge >= 0.3 is 0 Å². The average molecular weight is 202 g/mol. The molecular formula is C9H18N2OS. The summed E-state index contributed by atoms with van der Waals surface area (Å²) in [5.74, 6) is 2.84. The molecule has 1 amide bonds. The maximum absolute atomic E-state index is 11.5. The van der Waals surface area contributed by atoms with E-state index >= 15 is 0 Å². The lowest BCUT2D eigenvalue weighted by atomic mass is 10.1. The van der Waals surface area contributed by atoms with Crippen LogP contribution >= 0.6 is 11.8 Å². The van der Waals surface area contributed by atoms with Gasteiger partial charge in [-0.1, -0.05) is 13.8 Å². The molecule has 1 heterocycles. The summed E-state index contributed by atoms with van der Waals surface area (Å²) in [6.45, 7) is 4.47. The van der Waals surface area contributed by atoms with Crippen LogP contribution in [0.1, 0.15) is 13.8 Å². The Morgan fingerprint density at radius 1 is 1.69 bits per heavy atom. The molecule has 1 aliphatic heterocycles. The molecule has 76 valence electrons. The molecule has 1 rings (SSSR count). The summed E-state index contributed by atoms with van der Waals surface area (Å²) in [4.78, 5) is 11.5. The van der Waals surface area contributed by atoms with Crippen LogP contribution in [0.3, 0.4) is 0 Å². The minimum Gasteiger partial charge on any atom is -0.352 e. The van der Waals surface area contributed by atoms with E-state index in [1.807, 2.05) is 18.7 Å². The van der Waals surface area contributed by atoms with Gasteiger partial charge in [0.1, 0.15) is 0 Å². The number of rotatable bonds is 3. The van der Waals surface area contributed by atoms with Crippen molar-refractivity contribution in [2.24, 2.45) is 17.6 Å². The van der Waals surface area contributed by atoms with E-state index in [0.717, 1.165) is 11.5 Å². The van der Waals surface area contributed by atoms with E-state index < -0.39 is 0 Å². The number of hydrogen-bond acceptors (Lipinski definition) is 3. The molecule has 0 aromatic rings. The smallest absolute Gasteiger partial charge is 0.224 e. The van der Waals surface area contributed by atoms with Gasteiger partial charge in [0.25, 0.3) is 0 Å². The number of nitrogens with one attached hydrogen (secondary N) is 1. The molecule has 0 aromatic carbocycles. The summed E-state index contributed by atoms with van der Waals surface area (Å²) in [7, 11) is 0. The second-order valence-electron chi connectivity index (χ2n) is 3.77. The molecule has 3 atom stereocenters. The summed E-state index contributed by atoms with van der Waals surface area (Å²) in [5.41, 5.74) is 5.42. The zero-order chi connectivity index (χ0) is 9.84. The Balaban J connectivity index is 2.35. The molecule has 3 nitrogen and oxygen atoms in total. The van der Waals surface area contributed by atoms with Crippen molar-refractivity contribution in [1.29, 1.82) is 0 Å². The topological polar surface area (TPSA) is 55.1 Å². The minimum atomic E-state index is -0.0576. The molecule has 0 bridgehead atoms. The van der Waals surface area contributed by atoms with E-state index in [1.54, 1.807) is 0 Å². The zero-order valence-corrected chi connectivity index (χ0v) is 9.06. The van der Waals surface area contributed by atoms with E-state index in [0.29, 0.717) is 18.5 Å². The van der Waals surface area contributed by atoms with Crippen molar-refractivity contribution in [3.8, 4) is 0 Å². The van der Waals surface area contributed by atoms with Gasteiger partial charge in [-0.3, -0.25) is 4.79 Å². The summed E-state index contributed by atoms with van der Waals surface area (Å²) in [5, 5.41) is 3.04. The molecule has 0 radical (unpaired) electrons. The average Bonchev–Trinajstić information content (AvgIpc) is 2.50. The van der Waals surface area contributed by atoms with Gasteiger partial charge in [0.2, 0.25) is 5.91 Å². The molecule has 1 aliphatic rings. The quantitative estimate of drug-likeness (QED) is 0.698. The van der Waals surface area contributed by atoms with Crippen molar-refractivity contribution in [3.63, 3.8) is 0 Å². The van der Waals surface area contributed by atoms with Crippen molar-refractivity contribution in [2.45, 2.75) is 19.9 Å². The fourth-order valence-electron chi connectivity index (χ4n) is 1.28. The lowest BCUT2D eigenvalue weighted by molar-refractivity contribution is -0.125. The van der Waals surface area contributed by atoms with E-state index in [-0.39, 0.29) is 11.8 Å². The van der Waals surface area contributed by atoms with Crippen molar-refractivity contribution in [1.82, 2.24) is 5.32 Å². The van der Waals surface area contributed by atoms with Crippen LogP contribution in [0.5, 0.6) is 0 Å². The Morgan fingerprint density at radius 3 is 2.85 bits per heavy atom. The minimum absolute atomic E-state index is 0.0576. The third kappa shape index (κ3) is 2.88. The Morgan fingerprint density at radius 2 is 2.38 bits per heavy atom. The summed E-state index contributed by atoms with van der Waals surface area (Å²) >= 11 is 1.91. The zero-order valence-electron chi connectivity index (χ0n) is 8.25. The predicted molar refractivity (Wildman–Crippen MR) is 56.6 cm³/mol. The van der Waals surface area contributed by atoms with Crippen LogP contribution in [0, 0.1) is 11.8 Å². The van der Waals surface area contributed by atoms with E-state index in [2.05, 4.69) is 12.2 Å². The SMILES string of the molecule is CC(CN)C(=O)NC1CSCC1C. The third-order valence-corrected chi connectivity index (χ3v) is 3.85. The van der Waals surface area contributed by atoms with E-state index in [9.17, 15) is 4.79 Å². The molecule has 0 spiro atoms. The lowest BCUT2D eigenvalue weighted by Gasteiger charge is -2.18. The molecule has 1 fully saturated rings. The molecule has 3 unspecified atom stereocenters. The van der Waals surface area contributed by atoms with Gasteiger partial charge in [-0.15, -0.1) is 0 Å². The second-order valence-corrected chi connectivity index (χ2v) is 4.84. The third-order valence-electron chi connectivity index (χ3n) is 2.49. The molecule has 4 heteroatoms. The van der Waals surface area contributed by atoms with Crippen molar-refractivity contribution >= 4 is 17.7 Å². The standard InChI is InChI=1S/C9H18N2OS/c1-6(3-10)9(12)11-8-5-13-4-7(8)2/h6-8H,3-5,10H2,1-2H3,(H,11,12). The lowest BCUT2D eigenvalue weighted by Crippen LogP contribution is -2.43. The Bertz CT molecular complexity index is 186. The Hall–Kier alpha value is -0.220. The fourth-order valence-corrected chi connectivity index (χ4v) is 2.68. The largest absolute Gasteiger partial charge is 0.352 e. The number of carbonyl (C=O) groups excluding carboxylic acids is 1. The molecule has 3 N–H and O–H groups in total. The van der Waals surface area contributed by atoms with Crippen molar-refractivity contribution in [3.05, 3.63) is 0 Å². The maximum atomic E-state index is 11.5. The summed E-state index contributed by atoms with van der Waals surface area (Å²) in [6, 6.07) is 0.353. The van der Waals surface area contributed by atoms with E-state index in [4.69, 9.17) is 5.73 Å². The van der Waals surface area contributed by atoms with Crippen molar-refractivity contribution in [2.75, 3.05) is 18.1 Å². The predicted octanol–water partition coefficient (Wildman–Crippen LogP) is 0.449. The molecule has 13 heavy (non-hydrogen) atoms. The first-order chi connectivity index (χ1) is 6.15. The van der Waals surface area contributed by atoms with Crippen LogP contribution in [-0.2, 0) is 4.79 Å². The monoisotopic (exact) mass is 202 g/mol. The highest BCUT2D eigenvalue weighted by Crippen LogP contribution is 2.23. The molecule has 0 saturated carbocycles. The van der Waals surface area contributed by atoms with Crippen molar-refractivity contribution < 1.29 is 4.79 Å². The highest BCUT2D eigenvalue weighted by molar-refractivity contribution is 7.99. The highest BCUT2D eigenvalue weighted by Gasteiger charge is 2.26. The van der Waals surface area contributed by atoms with Gasteiger partial charge < -0.3 is 11.1 Å². The first kappa shape index (κ1) is 10.9. The van der Waals surface area contributed by atoms with Gasteiger partial charge in [0, 0.05) is 24.3 Å². The Kier molecular flexibility index (Phi) is 4.06. The van der Waals surface area contributed by atoms with Crippen LogP contribution in [0.4, 0.5) is 0 Å². The first-order valence-electron chi connectivity index (χ1n) is 4.73. The molecule has 0 aliphatic carbocycles. The molecular weight excluding hydrogens is 184 g/mol.